The minimum absolute atomic E-state index is 0.172. The maximum absolute atomic E-state index is 13.0. The highest BCUT2D eigenvalue weighted by atomic mass is 79.9. The number of allylic oxidation sites excluding steroid dienone is 1. The van der Waals surface area contributed by atoms with Crippen LogP contribution >= 0.6 is 15.9 Å². The number of benzene rings is 1. The lowest BCUT2D eigenvalue weighted by Gasteiger charge is -2.02. The fraction of sp³-hybridized carbons (Fsp3) is 0.200. The van der Waals surface area contributed by atoms with Crippen LogP contribution in [0.4, 0.5) is 4.39 Å². The molecule has 0 aliphatic heterocycles. The van der Waals surface area contributed by atoms with Gasteiger partial charge in [-0.3, -0.25) is 0 Å². The van der Waals surface area contributed by atoms with Crippen LogP contribution in [0.1, 0.15) is 11.1 Å². The molecule has 0 aliphatic rings. The van der Waals surface area contributed by atoms with Gasteiger partial charge in [-0.15, -0.1) is 0 Å². The quantitative estimate of drug-likeness (QED) is 0.680. The molecule has 0 atom stereocenters. The molecule has 0 amide bonds. The summed E-state index contributed by atoms with van der Waals surface area (Å²) < 4.78 is 13.0. The molecule has 12 heavy (non-hydrogen) atoms. The van der Waals surface area contributed by atoms with Crippen molar-refractivity contribution >= 4 is 21.5 Å². The molecule has 64 valence electrons. The van der Waals surface area contributed by atoms with Crippen molar-refractivity contribution < 1.29 is 4.39 Å². The Hall–Kier alpha value is -0.630. The van der Waals surface area contributed by atoms with E-state index in [0.717, 1.165) is 11.1 Å². The summed E-state index contributed by atoms with van der Waals surface area (Å²) in [6, 6.07) is 5.15. The Labute approximate surface area is 80.2 Å². The Morgan fingerprint density at radius 1 is 1.58 bits per heavy atom. The molecule has 0 saturated heterocycles. The van der Waals surface area contributed by atoms with Gasteiger partial charge in [-0.2, -0.15) is 0 Å². The van der Waals surface area contributed by atoms with E-state index in [0.29, 0.717) is 10.9 Å². The summed E-state index contributed by atoms with van der Waals surface area (Å²) in [6.45, 7) is 5.55. The fourth-order valence-electron chi connectivity index (χ4n) is 0.890. The molecule has 0 bridgehead atoms. The molecule has 1 aromatic rings. The first-order valence-electron chi connectivity index (χ1n) is 3.65. The molecule has 1 aromatic carbocycles. The Balaban J connectivity index is 3.05. The third-order valence-corrected chi connectivity index (χ3v) is 2.42. The minimum Gasteiger partial charge on any atom is -0.207 e. The summed E-state index contributed by atoms with van der Waals surface area (Å²) in [7, 11) is 0. The highest BCUT2D eigenvalue weighted by Gasteiger charge is 2.00. The van der Waals surface area contributed by atoms with Gasteiger partial charge in [0.15, 0.2) is 0 Å². The van der Waals surface area contributed by atoms with Crippen molar-refractivity contribution in [1.82, 2.24) is 0 Å². The van der Waals surface area contributed by atoms with Gasteiger partial charge in [0, 0.05) is 5.33 Å². The van der Waals surface area contributed by atoms with Crippen LogP contribution in [0.15, 0.2) is 24.8 Å². The summed E-state index contributed by atoms with van der Waals surface area (Å²) in [5.74, 6) is -0.172. The molecule has 0 aliphatic carbocycles. The summed E-state index contributed by atoms with van der Waals surface area (Å²) >= 11 is 3.27. The topological polar surface area (TPSA) is 0 Å². The normalized spacial score (nSPS) is 9.92. The minimum atomic E-state index is -0.172. The molecule has 0 radical (unpaired) electrons. The van der Waals surface area contributed by atoms with E-state index >= 15 is 0 Å². The van der Waals surface area contributed by atoms with Crippen molar-refractivity contribution in [3.05, 3.63) is 41.7 Å². The molecule has 0 unspecified atom stereocenters. The molecule has 0 N–H and O–H groups in total. The summed E-state index contributed by atoms with van der Waals surface area (Å²) in [4.78, 5) is 0. The SMILES string of the molecule is C=C(CBr)c1ccc(C)c(F)c1. The summed E-state index contributed by atoms with van der Waals surface area (Å²) in [5.41, 5.74) is 2.42. The van der Waals surface area contributed by atoms with E-state index in [1.54, 1.807) is 13.0 Å². The number of hydrogen-bond donors (Lipinski definition) is 0. The molecule has 0 saturated carbocycles. The van der Waals surface area contributed by atoms with Crippen LogP contribution in [0, 0.1) is 12.7 Å². The Morgan fingerprint density at radius 3 is 2.75 bits per heavy atom. The Kier molecular flexibility index (Phi) is 3.04. The third kappa shape index (κ3) is 1.95. The average molecular weight is 229 g/mol. The van der Waals surface area contributed by atoms with Crippen molar-refractivity contribution in [2.45, 2.75) is 6.92 Å². The molecular formula is C10H10BrF. The largest absolute Gasteiger partial charge is 0.207 e. The lowest BCUT2D eigenvalue weighted by molar-refractivity contribution is 0.618. The van der Waals surface area contributed by atoms with E-state index in [2.05, 4.69) is 22.5 Å². The van der Waals surface area contributed by atoms with Crippen LogP contribution in [-0.2, 0) is 0 Å². The smallest absolute Gasteiger partial charge is 0.126 e. The van der Waals surface area contributed by atoms with E-state index in [-0.39, 0.29) is 5.82 Å². The van der Waals surface area contributed by atoms with E-state index in [1.165, 1.54) is 6.07 Å². The third-order valence-electron chi connectivity index (χ3n) is 1.74. The second-order valence-electron chi connectivity index (χ2n) is 2.70. The van der Waals surface area contributed by atoms with Gasteiger partial charge in [0.2, 0.25) is 0 Å². The summed E-state index contributed by atoms with van der Waals surface area (Å²) in [5, 5.41) is 0.676. The first-order chi connectivity index (χ1) is 5.65. The van der Waals surface area contributed by atoms with Gasteiger partial charge in [0.25, 0.3) is 0 Å². The summed E-state index contributed by atoms with van der Waals surface area (Å²) in [6.07, 6.45) is 0. The average Bonchev–Trinajstić information content (AvgIpc) is 2.08. The highest BCUT2D eigenvalue weighted by molar-refractivity contribution is 9.09. The van der Waals surface area contributed by atoms with Gasteiger partial charge in [-0.25, -0.2) is 4.39 Å². The molecule has 1 rings (SSSR count). The van der Waals surface area contributed by atoms with Crippen molar-refractivity contribution in [3.63, 3.8) is 0 Å². The van der Waals surface area contributed by atoms with Gasteiger partial charge < -0.3 is 0 Å². The second kappa shape index (κ2) is 3.85. The highest BCUT2D eigenvalue weighted by Crippen LogP contribution is 2.17. The van der Waals surface area contributed by atoms with Crippen molar-refractivity contribution in [2.75, 3.05) is 5.33 Å². The van der Waals surface area contributed by atoms with E-state index in [9.17, 15) is 4.39 Å². The standard InChI is InChI=1S/C10H10BrF/c1-7-3-4-9(5-10(7)12)8(2)6-11/h3-5H,2,6H2,1H3. The lowest BCUT2D eigenvalue weighted by Crippen LogP contribution is -1.87. The van der Waals surface area contributed by atoms with Crippen LogP contribution in [0.2, 0.25) is 0 Å². The van der Waals surface area contributed by atoms with Crippen LogP contribution in [0.5, 0.6) is 0 Å². The zero-order valence-electron chi connectivity index (χ0n) is 6.90. The molecule has 0 heterocycles. The van der Waals surface area contributed by atoms with Crippen molar-refractivity contribution in [2.24, 2.45) is 0 Å². The monoisotopic (exact) mass is 228 g/mol. The molecule has 0 aromatic heterocycles. The van der Waals surface area contributed by atoms with Crippen LogP contribution in [-0.4, -0.2) is 5.33 Å². The maximum Gasteiger partial charge on any atom is 0.126 e. The second-order valence-corrected chi connectivity index (χ2v) is 3.26. The first-order valence-corrected chi connectivity index (χ1v) is 4.77. The van der Waals surface area contributed by atoms with E-state index in [4.69, 9.17) is 0 Å². The van der Waals surface area contributed by atoms with Gasteiger partial charge in [0.05, 0.1) is 0 Å². The molecule has 0 spiro atoms. The molecule has 0 fully saturated rings. The van der Waals surface area contributed by atoms with Crippen LogP contribution < -0.4 is 0 Å². The molecular weight excluding hydrogens is 219 g/mol. The van der Waals surface area contributed by atoms with Crippen LogP contribution in [0.3, 0.4) is 0 Å². The Bertz CT molecular complexity index is 305. The predicted octanol–water partition coefficient (Wildman–Crippen LogP) is 3.54. The fourth-order valence-corrected chi connectivity index (χ4v) is 1.21. The van der Waals surface area contributed by atoms with Crippen molar-refractivity contribution in [1.29, 1.82) is 0 Å². The number of aryl methyl sites for hydroxylation is 1. The lowest BCUT2D eigenvalue weighted by atomic mass is 10.1. The predicted molar refractivity (Wildman–Crippen MR) is 54.0 cm³/mol. The van der Waals surface area contributed by atoms with Crippen molar-refractivity contribution in [3.8, 4) is 0 Å². The number of rotatable bonds is 2. The van der Waals surface area contributed by atoms with Gasteiger partial charge in [-0.05, 0) is 29.7 Å². The molecule has 0 nitrogen and oxygen atoms in total. The number of alkyl halides is 1. The Morgan fingerprint density at radius 2 is 2.25 bits per heavy atom. The van der Waals surface area contributed by atoms with E-state index < -0.39 is 0 Å². The van der Waals surface area contributed by atoms with E-state index in [1.807, 2.05) is 6.07 Å². The molecule has 2 heteroatoms. The van der Waals surface area contributed by atoms with Crippen LogP contribution in [0.25, 0.3) is 5.57 Å². The zero-order valence-corrected chi connectivity index (χ0v) is 8.49. The first kappa shape index (κ1) is 9.46. The van der Waals surface area contributed by atoms with Gasteiger partial charge in [-0.1, -0.05) is 34.6 Å². The number of hydrogen-bond acceptors (Lipinski definition) is 0. The van der Waals surface area contributed by atoms with Gasteiger partial charge >= 0.3 is 0 Å². The number of halogens is 2. The zero-order chi connectivity index (χ0) is 9.14. The van der Waals surface area contributed by atoms with Gasteiger partial charge in [0.1, 0.15) is 5.82 Å². The maximum atomic E-state index is 13.0.